The third kappa shape index (κ3) is 2.60. The highest BCUT2D eigenvalue weighted by molar-refractivity contribution is 5.58. The zero-order chi connectivity index (χ0) is 13.8. The molecule has 0 saturated heterocycles. The molecule has 0 aliphatic heterocycles. The molecule has 0 bridgehead atoms. The first kappa shape index (κ1) is 12.6. The second-order valence-electron chi connectivity index (χ2n) is 4.61. The molecule has 0 unspecified atom stereocenters. The fourth-order valence-corrected chi connectivity index (χ4v) is 2.19. The van der Waals surface area contributed by atoms with Crippen LogP contribution in [-0.2, 0) is 13.1 Å². The molecule has 1 aromatic carbocycles. The molecule has 2 heterocycles. The molecule has 3 aromatic rings. The van der Waals surface area contributed by atoms with Crippen molar-refractivity contribution in [1.29, 1.82) is 0 Å². The summed E-state index contributed by atoms with van der Waals surface area (Å²) >= 11 is 0. The molecule has 0 radical (unpaired) electrons. The number of nitrogens with two attached hydrogens (primary N) is 1. The van der Waals surface area contributed by atoms with E-state index in [2.05, 4.69) is 22.2 Å². The van der Waals surface area contributed by atoms with E-state index in [4.69, 9.17) is 5.73 Å². The molecule has 2 aromatic heterocycles. The first-order valence-electron chi connectivity index (χ1n) is 6.58. The van der Waals surface area contributed by atoms with E-state index < -0.39 is 0 Å². The minimum Gasteiger partial charge on any atom is -0.325 e. The van der Waals surface area contributed by atoms with Gasteiger partial charge in [0.15, 0.2) is 0 Å². The number of hydrogen-bond acceptors (Lipinski definition) is 3. The number of benzene rings is 1. The maximum Gasteiger partial charge on any atom is 0.0767 e. The van der Waals surface area contributed by atoms with Crippen molar-refractivity contribution in [2.75, 3.05) is 0 Å². The first-order chi connectivity index (χ1) is 9.86. The maximum atomic E-state index is 5.71. The van der Waals surface area contributed by atoms with Crippen molar-refractivity contribution in [3.63, 3.8) is 0 Å². The zero-order valence-electron chi connectivity index (χ0n) is 11.1. The minimum atomic E-state index is 0.440. The van der Waals surface area contributed by atoms with Gasteiger partial charge < -0.3 is 5.73 Å². The van der Waals surface area contributed by atoms with Crippen LogP contribution in [0.15, 0.2) is 60.9 Å². The molecule has 0 saturated carbocycles. The third-order valence-corrected chi connectivity index (χ3v) is 3.17. The lowest BCUT2D eigenvalue weighted by molar-refractivity contribution is 0.678. The van der Waals surface area contributed by atoms with Crippen molar-refractivity contribution >= 4 is 0 Å². The summed E-state index contributed by atoms with van der Waals surface area (Å²) in [6.45, 7) is 1.17. The van der Waals surface area contributed by atoms with Crippen LogP contribution in [0, 0.1) is 0 Å². The quantitative estimate of drug-likeness (QED) is 0.787. The van der Waals surface area contributed by atoms with Gasteiger partial charge >= 0.3 is 0 Å². The van der Waals surface area contributed by atoms with Gasteiger partial charge in [-0.3, -0.25) is 9.67 Å². The lowest BCUT2D eigenvalue weighted by atomic mass is 10.2. The van der Waals surface area contributed by atoms with E-state index in [1.807, 2.05) is 47.3 Å². The van der Waals surface area contributed by atoms with Crippen molar-refractivity contribution in [1.82, 2.24) is 14.8 Å². The Morgan fingerprint density at radius 2 is 1.90 bits per heavy atom. The normalized spacial score (nSPS) is 10.7. The molecule has 0 amide bonds. The van der Waals surface area contributed by atoms with Crippen molar-refractivity contribution in [2.24, 2.45) is 5.73 Å². The number of pyridine rings is 1. The molecule has 0 fully saturated rings. The van der Waals surface area contributed by atoms with Crippen molar-refractivity contribution in [3.05, 3.63) is 72.2 Å². The van der Waals surface area contributed by atoms with Crippen LogP contribution >= 0.6 is 0 Å². The summed E-state index contributed by atoms with van der Waals surface area (Å²) in [5, 5.41) is 4.56. The monoisotopic (exact) mass is 264 g/mol. The molecule has 0 aliphatic carbocycles. The van der Waals surface area contributed by atoms with E-state index in [9.17, 15) is 0 Å². The summed E-state index contributed by atoms with van der Waals surface area (Å²) in [7, 11) is 0. The van der Waals surface area contributed by atoms with Crippen molar-refractivity contribution < 1.29 is 0 Å². The number of aromatic nitrogens is 3. The number of rotatable bonds is 4. The van der Waals surface area contributed by atoms with Crippen molar-refractivity contribution in [3.8, 4) is 11.3 Å². The van der Waals surface area contributed by atoms with Gasteiger partial charge in [0.2, 0.25) is 0 Å². The van der Waals surface area contributed by atoms with Crippen LogP contribution in [0.25, 0.3) is 11.3 Å². The summed E-state index contributed by atoms with van der Waals surface area (Å²) in [5.41, 5.74) is 9.91. The molecule has 20 heavy (non-hydrogen) atoms. The molecule has 4 nitrogen and oxygen atoms in total. The van der Waals surface area contributed by atoms with Gasteiger partial charge in [-0.05, 0) is 23.8 Å². The Hall–Kier alpha value is -2.46. The van der Waals surface area contributed by atoms with Crippen LogP contribution in [0.5, 0.6) is 0 Å². The van der Waals surface area contributed by atoms with Gasteiger partial charge in [0.05, 0.1) is 17.9 Å². The topological polar surface area (TPSA) is 56.7 Å². The third-order valence-electron chi connectivity index (χ3n) is 3.17. The average molecular weight is 264 g/mol. The SMILES string of the molecule is NCc1cc(-c2cccnc2)n(Cc2ccccc2)n1. The van der Waals surface area contributed by atoms with Crippen LogP contribution in [-0.4, -0.2) is 14.8 Å². The molecule has 4 heteroatoms. The summed E-state index contributed by atoms with van der Waals surface area (Å²) in [6.07, 6.45) is 3.62. The lowest BCUT2D eigenvalue weighted by Crippen LogP contribution is -2.05. The molecule has 0 atom stereocenters. The smallest absolute Gasteiger partial charge is 0.0767 e. The molecule has 0 aliphatic rings. The van der Waals surface area contributed by atoms with Gasteiger partial charge in [-0.2, -0.15) is 5.10 Å². The summed E-state index contributed by atoms with van der Waals surface area (Å²) in [4.78, 5) is 4.17. The summed E-state index contributed by atoms with van der Waals surface area (Å²) in [6, 6.07) is 16.3. The van der Waals surface area contributed by atoms with E-state index in [-0.39, 0.29) is 0 Å². The van der Waals surface area contributed by atoms with E-state index in [0.717, 1.165) is 23.5 Å². The van der Waals surface area contributed by atoms with Gasteiger partial charge in [-0.25, -0.2) is 0 Å². The van der Waals surface area contributed by atoms with Crippen molar-refractivity contribution in [2.45, 2.75) is 13.1 Å². The molecular weight excluding hydrogens is 248 g/mol. The van der Waals surface area contributed by atoms with Crippen LogP contribution < -0.4 is 5.73 Å². The predicted octanol–water partition coefficient (Wildman–Crippen LogP) is 2.45. The van der Waals surface area contributed by atoms with Crippen LogP contribution in [0.3, 0.4) is 0 Å². The highest BCUT2D eigenvalue weighted by Gasteiger charge is 2.09. The Balaban J connectivity index is 2.00. The van der Waals surface area contributed by atoms with E-state index >= 15 is 0 Å². The van der Waals surface area contributed by atoms with Crippen LogP contribution in [0.2, 0.25) is 0 Å². The van der Waals surface area contributed by atoms with Gasteiger partial charge in [-0.1, -0.05) is 30.3 Å². The van der Waals surface area contributed by atoms with E-state index in [0.29, 0.717) is 6.54 Å². The van der Waals surface area contributed by atoms with Gasteiger partial charge in [-0.15, -0.1) is 0 Å². The lowest BCUT2D eigenvalue weighted by Gasteiger charge is -2.07. The predicted molar refractivity (Wildman–Crippen MR) is 78.9 cm³/mol. The van der Waals surface area contributed by atoms with Crippen LogP contribution in [0.4, 0.5) is 0 Å². The highest BCUT2D eigenvalue weighted by Crippen LogP contribution is 2.20. The Morgan fingerprint density at radius 1 is 1.05 bits per heavy atom. The molecule has 100 valence electrons. The van der Waals surface area contributed by atoms with Crippen LogP contribution in [0.1, 0.15) is 11.3 Å². The Kier molecular flexibility index (Phi) is 3.56. The average Bonchev–Trinajstić information content (AvgIpc) is 2.92. The molecule has 2 N–H and O–H groups in total. The Bertz CT molecular complexity index is 674. The van der Waals surface area contributed by atoms with Gasteiger partial charge in [0.1, 0.15) is 0 Å². The van der Waals surface area contributed by atoms with E-state index in [1.165, 1.54) is 5.56 Å². The summed E-state index contributed by atoms with van der Waals surface area (Å²) < 4.78 is 1.98. The number of nitrogens with zero attached hydrogens (tertiary/aromatic N) is 3. The fourth-order valence-electron chi connectivity index (χ4n) is 2.19. The highest BCUT2D eigenvalue weighted by atomic mass is 15.3. The first-order valence-corrected chi connectivity index (χ1v) is 6.58. The second kappa shape index (κ2) is 5.67. The number of hydrogen-bond donors (Lipinski definition) is 1. The van der Waals surface area contributed by atoms with E-state index in [1.54, 1.807) is 6.20 Å². The fraction of sp³-hybridized carbons (Fsp3) is 0.125. The minimum absolute atomic E-state index is 0.440. The standard InChI is InChI=1S/C16H16N4/c17-10-15-9-16(14-7-4-8-18-11-14)20(19-15)12-13-5-2-1-3-6-13/h1-9,11H,10,12,17H2. The zero-order valence-corrected chi connectivity index (χ0v) is 11.1. The largest absolute Gasteiger partial charge is 0.325 e. The molecule has 0 spiro atoms. The second-order valence-corrected chi connectivity index (χ2v) is 4.61. The Labute approximate surface area is 117 Å². The van der Waals surface area contributed by atoms with Gasteiger partial charge in [0, 0.05) is 24.5 Å². The molecular formula is C16H16N4. The Morgan fingerprint density at radius 3 is 2.60 bits per heavy atom. The molecule has 3 rings (SSSR count). The summed E-state index contributed by atoms with van der Waals surface area (Å²) in [5.74, 6) is 0. The van der Waals surface area contributed by atoms with Gasteiger partial charge in [0.25, 0.3) is 0 Å². The maximum absolute atomic E-state index is 5.71.